The quantitative estimate of drug-likeness (QED) is 0.677. The highest BCUT2D eigenvalue weighted by molar-refractivity contribution is 7.09. The molecule has 3 aromatic rings. The lowest BCUT2D eigenvalue weighted by atomic mass is 10.1. The molecule has 2 heterocycles. The summed E-state index contributed by atoms with van der Waals surface area (Å²) in [7, 11) is 0. The monoisotopic (exact) mass is 297 g/mol. The standard InChI is InChI=1S/C15H11N3O2S/c19-14(7-15-18-4-5-21-15)11-2-1-3-12(6-11)20-13-8-16-10-17-9-13/h1-6,8-10H,7H2. The van der Waals surface area contributed by atoms with Gasteiger partial charge in [-0.15, -0.1) is 11.3 Å². The highest BCUT2D eigenvalue weighted by atomic mass is 32.1. The predicted octanol–water partition coefficient (Wildman–Crippen LogP) is 3.15. The van der Waals surface area contributed by atoms with Gasteiger partial charge in [-0.1, -0.05) is 12.1 Å². The van der Waals surface area contributed by atoms with E-state index in [4.69, 9.17) is 4.74 Å². The molecule has 5 nitrogen and oxygen atoms in total. The zero-order valence-electron chi connectivity index (χ0n) is 11.0. The summed E-state index contributed by atoms with van der Waals surface area (Å²) < 4.78 is 5.61. The Kier molecular flexibility index (Phi) is 3.97. The normalized spacial score (nSPS) is 10.3. The average molecular weight is 297 g/mol. The molecule has 0 saturated carbocycles. The molecule has 0 aliphatic rings. The summed E-state index contributed by atoms with van der Waals surface area (Å²) >= 11 is 1.47. The van der Waals surface area contributed by atoms with Gasteiger partial charge in [-0.3, -0.25) is 4.79 Å². The van der Waals surface area contributed by atoms with E-state index in [1.165, 1.54) is 17.7 Å². The molecule has 0 spiro atoms. The van der Waals surface area contributed by atoms with Gasteiger partial charge >= 0.3 is 0 Å². The third kappa shape index (κ3) is 3.49. The van der Waals surface area contributed by atoms with Crippen LogP contribution < -0.4 is 4.74 Å². The molecule has 3 rings (SSSR count). The molecule has 1 aromatic carbocycles. The summed E-state index contributed by atoms with van der Waals surface area (Å²) in [6, 6.07) is 7.05. The summed E-state index contributed by atoms with van der Waals surface area (Å²) in [6.45, 7) is 0. The minimum absolute atomic E-state index is 0.0136. The number of rotatable bonds is 5. The van der Waals surface area contributed by atoms with E-state index in [1.807, 2.05) is 5.38 Å². The van der Waals surface area contributed by atoms with Gasteiger partial charge in [0.1, 0.15) is 17.1 Å². The van der Waals surface area contributed by atoms with E-state index >= 15 is 0 Å². The number of ether oxygens (including phenoxy) is 1. The lowest BCUT2D eigenvalue weighted by Gasteiger charge is -2.06. The molecule has 0 bridgehead atoms. The van der Waals surface area contributed by atoms with Crippen molar-refractivity contribution in [2.75, 3.05) is 0 Å². The van der Waals surface area contributed by atoms with Gasteiger partial charge in [0.25, 0.3) is 0 Å². The van der Waals surface area contributed by atoms with Crippen molar-refractivity contribution in [3.05, 3.63) is 65.1 Å². The van der Waals surface area contributed by atoms with Crippen LogP contribution in [0.5, 0.6) is 11.5 Å². The summed E-state index contributed by atoms with van der Waals surface area (Å²) in [5.41, 5.74) is 0.597. The number of hydrogen-bond donors (Lipinski definition) is 0. The highest BCUT2D eigenvalue weighted by Crippen LogP contribution is 2.21. The zero-order valence-corrected chi connectivity index (χ0v) is 11.8. The Morgan fingerprint density at radius 3 is 2.81 bits per heavy atom. The molecule has 6 heteroatoms. The maximum absolute atomic E-state index is 12.2. The molecule has 0 atom stereocenters. The van der Waals surface area contributed by atoms with Gasteiger partial charge in [0.2, 0.25) is 0 Å². The Morgan fingerprint density at radius 1 is 1.19 bits per heavy atom. The molecule has 104 valence electrons. The van der Waals surface area contributed by atoms with Crippen molar-refractivity contribution >= 4 is 17.1 Å². The zero-order chi connectivity index (χ0) is 14.5. The molecule has 0 amide bonds. The van der Waals surface area contributed by atoms with Crippen LogP contribution in [0.25, 0.3) is 0 Å². The van der Waals surface area contributed by atoms with E-state index in [1.54, 1.807) is 42.9 Å². The first kappa shape index (κ1) is 13.4. The Bertz CT molecular complexity index is 730. The van der Waals surface area contributed by atoms with Crippen LogP contribution in [0.4, 0.5) is 0 Å². The predicted molar refractivity (Wildman–Crippen MR) is 78.7 cm³/mol. The maximum Gasteiger partial charge on any atom is 0.169 e. The van der Waals surface area contributed by atoms with Crippen LogP contribution >= 0.6 is 11.3 Å². The van der Waals surface area contributed by atoms with Crippen LogP contribution in [0.15, 0.2) is 54.6 Å². The topological polar surface area (TPSA) is 65.0 Å². The van der Waals surface area contributed by atoms with Crippen LogP contribution in [0.3, 0.4) is 0 Å². The van der Waals surface area contributed by atoms with Gasteiger partial charge in [0, 0.05) is 17.1 Å². The largest absolute Gasteiger partial charge is 0.454 e. The van der Waals surface area contributed by atoms with Crippen LogP contribution in [0.2, 0.25) is 0 Å². The summed E-state index contributed by atoms with van der Waals surface area (Å²) in [6.07, 6.45) is 6.56. The van der Waals surface area contributed by atoms with Crippen molar-refractivity contribution < 1.29 is 9.53 Å². The number of hydrogen-bond acceptors (Lipinski definition) is 6. The molecule has 0 unspecified atom stereocenters. The maximum atomic E-state index is 12.2. The Labute approximate surface area is 125 Å². The summed E-state index contributed by atoms with van der Waals surface area (Å²) in [4.78, 5) is 24.1. The van der Waals surface area contributed by atoms with E-state index in [0.717, 1.165) is 5.01 Å². The SMILES string of the molecule is O=C(Cc1nccs1)c1cccc(Oc2cncnc2)c1. The fourth-order valence-corrected chi connectivity index (χ4v) is 2.40. The van der Waals surface area contributed by atoms with Crippen molar-refractivity contribution in [3.63, 3.8) is 0 Å². The van der Waals surface area contributed by atoms with Crippen LogP contribution in [-0.4, -0.2) is 20.7 Å². The Balaban J connectivity index is 1.75. The Hall–Kier alpha value is -2.60. The van der Waals surface area contributed by atoms with E-state index in [2.05, 4.69) is 15.0 Å². The molecule has 2 aromatic heterocycles. The molecular weight excluding hydrogens is 286 g/mol. The average Bonchev–Trinajstić information content (AvgIpc) is 3.01. The molecule has 0 radical (unpaired) electrons. The summed E-state index contributed by atoms with van der Waals surface area (Å²) in [5, 5.41) is 2.67. The number of Topliss-reactive ketones (excluding diaryl/α,β-unsaturated/α-hetero) is 1. The van der Waals surface area contributed by atoms with E-state index in [-0.39, 0.29) is 5.78 Å². The fraction of sp³-hybridized carbons (Fsp3) is 0.0667. The lowest BCUT2D eigenvalue weighted by Crippen LogP contribution is -2.03. The van der Waals surface area contributed by atoms with Crippen LogP contribution in [-0.2, 0) is 6.42 Å². The lowest BCUT2D eigenvalue weighted by molar-refractivity contribution is 0.0992. The molecular formula is C15H11N3O2S. The summed E-state index contributed by atoms with van der Waals surface area (Å²) in [5.74, 6) is 1.12. The number of ketones is 1. The van der Waals surface area contributed by atoms with Gasteiger partial charge < -0.3 is 4.74 Å². The molecule has 0 aliphatic heterocycles. The number of benzene rings is 1. The number of thiazole rings is 1. The third-order valence-corrected chi connectivity index (χ3v) is 3.50. The van der Waals surface area contributed by atoms with Crippen molar-refractivity contribution in [2.45, 2.75) is 6.42 Å². The Morgan fingerprint density at radius 2 is 2.05 bits per heavy atom. The van der Waals surface area contributed by atoms with Gasteiger partial charge in [-0.2, -0.15) is 0 Å². The molecule has 0 saturated heterocycles. The highest BCUT2D eigenvalue weighted by Gasteiger charge is 2.10. The molecule has 0 N–H and O–H groups in total. The van der Waals surface area contributed by atoms with E-state index < -0.39 is 0 Å². The van der Waals surface area contributed by atoms with Crippen LogP contribution in [0, 0.1) is 0 Å². The smallest absolute Gasteiger partial charge is 0.169 e. The third-order valence-electron chi connectivity index (χ3n) is 2.72. The molecule has 21 heavy (non-hydrogen) atoms. The minimum Gasteiger partial charge on any atom is -0.454 e. The number of carbonyl (C=O) groups excluding carboxylic acids is 1. The second kappa shape index (κ2) is 6.23. The van der Waals surface area contributed by atoms with Crippen molar-refractivity contribution in [1.29, 1.82) is 0 Å². The van der Waals surface area contributed by atoms with Gasteiger partial charge in [0.15, 0.2) is 11.5 Å². The molecule has 0 aliphatic carbocycles. The van der Waals surface area contributed by atoms with Crippen molar-refractivity contribution in [3.8, 4) is 11.5 Å². The second-order valence-corrected chi connectivity index (χ2v) is 5.21. The van der Waals surface area contributed by atoms with E-state index in [0.29, 0.717) is 23.5 Å². The van der Waals surface area contributed by atoms with Crippen LogP contribution in [0.1, 0.15) is 15.4 Å². The number of nitrogens with zero attached hydrogens (tertiary/aromatic N) is 3. The van der Waals surface area contributed by atoms with Gasteiger partial charge in [0.05, 0.1) is 18.8 Å². The number of carbonyl (C=O) groups is 1. The first-order valence-electron chi connectivity index (χ1n) is 6.26. The first-order valence-corrected chi connectivity index (χ1v) is 7.14. The molecule has 0 fully saturated rings. The van der Waals surface area contributed by atoms with Crippen molar-refractivity contribution in [2.24, 2.45) is 0 Å². The first-order chi connectivity index (χ1) is 10.3. The van der Waals surface area contributed by atoms with E-state index in [9.17, 15) is 4.79 Å². The van der Waals surface area contributed by atoms with Crippen molar-refractivity contribution in [1.82, 2.24) is 15.0 Å². The van der Waals surface area contributed by atoms with Gasteiger partial charge in [-0.25, -0.2) is 15.0 Å². The minimum atomic E-state index is 0.0136. The fourth-order valence-electron chi connectivity index (χ4n) is 1.79. The number of aromatic nitrogens is 3. The second-order valence-electron chi connectivity index (χ2n) is 4.23. The van der Waals surface area contributed by atoms with Gasteiger partial charge in [-0.05, 0) is 12.1 Å².